The van der Waals surface area contributed by atoms with E-state index in [9.17, 15) is 0 Å². The van der Waals surface area contributed by atoms with Crippen LogP contribution < -0.4 is 11.1 Å². The van der Waals surface area contributed by atoms with Crippen LogP contribution in [0.15, 0.2) is 42.5 Å². The Morgan fingerprint density at radius 1 is 1.16 bits per heavy atom. The number of rotatable bonds is 4. The number of hydrogen-bond donors (Lipinski definition) is 2. The van der Waals surface area contributed by atoms with Crippen molar-refractivity contribution in [2.24, 2.45) is 0 Å². The fraction of sp³-hybridized carbons (Fsp3) is 0.133. The van der Waals surface area contributed by atoms with E-state index < -0.39 is 0 Å². The summed E-state index contributed by atoms with van der Waals surface area (Å²) in [4.78, 5) is 0. The molecule has 3 N–H and O–H groups in total. The molecular formula is C15H14ClN3. The molecular weight excluding hydrogens is 258 g/mol. The predicted octanol–water partition coefficient (Wildman–Crippen LogP) is 3.45. The van der Waals surface area contributed by atoms with Gasteiger partial charge in [0, 0.05) is 11.6 Å². The van der Waals surface area contributed by atoms with Crippen LogP contribution in [0.4, 0.5) is 11.4 Å². The van der Waals surface area contributed by atoms with Crippen LogP contribution >= 0.6 is 11.6 Å². The molecule has 2 aromatic carbocycles. The molecule has 0 aliphatic heterocycles. The van der Waals surface area contributed by atoms with E-state index in [0.717, 1.165) is 23.7 Å². The summed E-state index contributed by atoms with van der Waals surface area (Å²) in [6, 6.07) is 15.2. The van der Waals surface area contributed by atoms with Crippen molar-refractivity contribution in [1.29, 1.82) is 5.26 Å². The third kappa shape index (κ3) is 3.40. The summed E-state index contributed by atoms with van der Waals surface area (Å²) in [5.74, 6) is 0. The van der Waals surface area contributed by atoms with Gasteiger partial charge in [-0.05, 0) is 36.2 Å². The average Bonchev–Trinajstić information content (AvgIpc) is 2.43. The van der Waals surface area contributed by atoms with Gasteiger partial charge in [-0.25, -0.2) is 0 Å². The Hall–Kier alpha value is -2.18. The monoisotopic (exact) mass is 271 g/mol. The van der Waals surface area contributed by atoms with E-state index in [-0.39, 0.29) is 0 Å². The molecule has 0 bridgehead atoms. The third-order valence-electron chi connectivity index (χ3n) is 2.87. The molecule has 0 saturated heterocycles. The number of benzene rings is 2. The standard InChI is InChI=1S/C15H14ClN3/c16-13-6-4-11(5-7-13)8-9-19-14-3-1-2-12(10-17)15(14)18/h1-7,19H,8-9,18H2. The van der Waals surface area contributed by atoms with Crippen LogP contribution in [-0.2, 0) is 6.42 Å². The molecule has 4 heteroatoms. The highest BCUT2D eigenvalue weighted by molar-refractivity contribution is 6.30. The van der Waals surface area contributed by atoms with Crippen LogP contribution in [0.2, 0.25) is 5.02 Å². The highest BCUT2D eigenvalue weighted by Gasteiger charge is 2.03. The lowest BCUT2D eigenvalue weighted by molar-refractivity contribution is 1.02. The van der Waals surface area contributed by atoms with Crippen molar-refractivity contribution in [3.8, 4) is 6.07 Å². The van der Waals surface area contributed by atoms with Crippen LogP contribution in [0.1, 0.15) is 11.1 Å². The first-order valence-electron chi connectivity index (χ1n) is 5.97. The number of halogens is 1. The molecule has 2 aromatic rings. The fourth-order valence-corrected chi connectivity index (χ4v) is 1.94. The summed E-state index contributed by atoms with van der Waals surface area (Å²) in [7, 11) is 0. The molecule has 96 valence electrons. The molecule has 3 nitrogen and oxygen atoms in total. The first-order chi connectivity index (χ1) is 9.20. The quantitative estimate of drug-likeness (QED) is 0.837. The minimum Gasteiger partial charge on any atom is -0.396 e. The van der Waals surface area contributed by atoms with Crippen LogP contribution in [-0.4, -0.2) is 6.54 Å². The molecule has 2 rings (SSSR count). The molecule has 0 spiro atoms. The van der Waals surface area contributed by atoms with Crippen molar-refractivity contribution in [1.82, 2.24) is 0 Å². The van der Waals surface area contributed by atoms with Crippen molar-refractivity contribution in [3.05, 3.63) is 58.6 Å². The number of nitrogen functional groups attached to an aromatic ring is 1. The smallest absolute Gasteiger partial charge is 0.101 e. The minimum atomic E-state index is 0.497. The van der Waals surface area contributed by atoms with E-state index in [1.165, 1.54) is 5.56 Å². The summed E-state index contributed by atoms with van der Waals surface area (Å²) < 4.78 is 0. The van der Waals surface area contributed by atoms with Crippen LogP contribution in [0.5, 0.6) is 0 Å². The van der Waals surface area contributed by atoms with E-state index in [1.54, 1.807) is 6.07 Å². The van der Waals surface area contributed by atoms with Gasteiger partial charge in [0.1, 0.15) is 6.07 Å². The third-order valence-corrected chi connectivity index (χ3v) is 3.12. The minimum absolute atomic E-state index is 0.497. The maximum absolute atomic E-state index is 8.90. The van der Waals surface area contributed by atoms with E-state index in [2.05, 4.69) is 11.4 Å². The molecule has 0 fully saturated rings. The zero-order valence-corrected chi connectivity index (χ0v) is 11.1. The highest BCUT2D eigenvalue weighted by atomic mass is 35.5. The summed E-state index contributed by atoms with van der Waals surface area (Å²) >= 11 is 5.83. The second kappa shape index (κ2) is 6.12. The van der Waals surface area contributed by atoms with E-state index in [0.29, 0.717) is 11.3 Å². The van der Waals surface area contributed by atoms with Crippen molar-refractivity contribution in [2.45, 2.75) is 6.42 Å². The lowest BCUT2D eigenvalue weighted by Gasteiger charge is -2.10. The fourth-order valence-electron chi connectivity index (χ4n) is 1.81. The number of hydrogen-bond acceptors (Lipinski definition) is 3. The van der Waals surface area contributed by atoms with Gasteiger partial charge in [-0.2, -0.15) is 5.26 Å². The maximum atomic E-state index is 8.90. The molecule has 0 amide bonds. The van der Waals surface area contributed by atoms with Crippen molar-refractivity contribution in [3.63, 3.8) is 0 Å². The van der Waals surface area contributed by atoms with Gasteiger partial charge >= 0.3 is 0 Å². The zero-order valence-electron chi connectivity index (χ0n) is 10.4. The van der Waals surface area contributed by atoms with Crippen molar-refractivity contribution >= 4 is 23.0 Å². The van der Waals surface area contributed by atoms with Gasteiger partial charge in [0.15, 0.2) is 0 Å². The maximum Gasteiger partial charge on any atom is 0.101 e. The summed E-state index contributed by atoms with van der Waals surface area (Å²) in [6.45, 7) is 0.751. The van der Waals surface area contributed by atoms with Crippen LogP contribution in [0.25, 0.3) is 0 Å². The van der Waals surface area contributed by atoms with Gasteiger partial charge in [-0.1, -0.05) is 29.8 Å². The Bertz CT molecular complexity index is 600. The Kier molecular flexibility index (Phi) is 4.27. The van der Waals surface area contributed by atoms with E-state index in [1.807, 2.05) is 36.4 Å². The largest absolute Gasteiger partial charge is 0.396 e. The number of nitrogens with zero attached hydrogens (tertiary/aromatic N) is 1. The van der Waals surface area contributed by atoms with E-state index in [4.69, 9.17) is 22.6 Å². The molecule has 0 aliphatic rings. The number of para-hydroxylation sites is 1. The average molecular weight is 272 g/mol. The Morgan fingerprint density at radius 2 is 1.89 bits per heavy atom. The second-order valence-corrected chi connectivity index (χ2v) is 4.62. The predicted molar refractivity (Wildman–Crippen MR) is 79.2 cm³/mol. The van der Waals surface area contributed by atoms with Crippen LogP contribution in [0.3, 0.4) is 0 Å². The van der Waals surface area contributed by atoms with Gasteiger partial charge < -0.3 is 11.1 Å². The molecule has 0 radical (unpaired) electrons. The van der Waals surface area contributed by atoms with Gasteiger partial charge in [0.25, 0.3) is 0 Å². The lowest BCUT2D eigenvalue weighted by Crippen LogP contribution is -2.07. The summed E-state index contributed by atoms with van der Waals surface area (Å²) in [5.41, 5.74) is 8.89. The normalized spacial score (nSPS) is 9.89. The number of nitrogens with two attached hydrogens (primary N) is 1. The zero-order chi connectivity index (χ0) is 13.7. The van der Waals surface area contributed by atoms with Crippen molar-refractivity contribution in [2.75, 3.05) is 17.6 Å². The molecule has 0 aromatic heterocycles. The van der Waals surface area contributed by atoms with E-state index >= 15 is 0 Å². The molecule has 0 aliphatic carbocycles. The molecule has 0 atom stereocenters. The van der Waals surface area contributed by atoms with Gasteiger partial charge in [-0.3, -0.25) is 0 Å². The number of anilines is 2. The first-order valence-corrected chi connectivity index (χ1v) is 6.35. The number of nitrogens with one attached hydrogen (secondary N) is 1. The molecule has 0 heterocycles. The highest BCUT2D eigenvalue weighted by Crippen LogP contribution is 2.21. The van der Waals surface area contributed by atoms with Gasteiger partial charge in [0.05, 0.1) is 16.9 Å². The van der Waals surface area contributed by atoms with Gasteiger partial charge in [0.2, 0.25) is 0 Å². The number of nitriles is 1. The SMILES string of the molecule is N#Cc1cccc(NCCc2ccc(Cl)cc2)c1N. The second-order valence-electron chi connectivity index (χ2n) is 4.18. The summed E-state index contributed by atoms with van der Waals surface area (Å²) in [5, 5.41) is 12.9. The Labute approximate surface area is 117 Å². The molecule has 0 unspecified atom stereocenters. The van der Waals surface area contributed by atoms with Crippen molar-refractivity contribution < 1.29 is 0 Å². The topological polar surface area (TPSA) is 61.8 Å². The molecule has 19 heavy (non-hydrogen) atoms. The molecule has 0 saturated carbocycles. The van der Waals surface area contributed by atoms with Crippen LogP contribution in [0, 0.1) is 11.3 Å². The Morgan fingerprint density at radius 3 is 2.58 bits per heavy atom. The summed E-state index contributed by atoms with van der Waals surface area (Å²) in [6.07, 6.45) is 0.868. The Balaban J connectivity index is 1.96. The lowest BCUT2D eigenvalue weighted by atomic mass is 10.1. The van der Waals surface area contributed by atoms with Gasteiger partial charge in [-0.15, -0.1) is 0 Å². The first kappa shape index (κ1) is 13.3.